The highest BCUT2D eigenvalue weighted by Gasteiger charge is 2.32. The molecule has 1 aliphatic rings. The summed E-state index contributed by atoms with van der Waals surface area (Å²) in [6.45, 7) is 0.495. The molecular formula is C11H14FN2O+. The number of hydrogen-bond acceptors (Lipinski definition) is 2. The van der Waals surface area contributed by atoms with Crippen molar-refractivity contribution >= 4 is 5.69 Å². The molecule has 1 unspecified atom stereocenters. The zero-order valence-electron chi connectivity index (χ0n) is 8.45. The molecule has 3 nitrogen and oxygen atoms in total. The Hall–Kier alpha value is -1.45. The van der Waals surface area contributed by atoms with E-state index in [1.807, 2.05) is 0 Å². The molecule has 1 heterocycles. The van der Waals surface area contributed by atoms with E-state index in [1.54, 1.807) is 12.1 Å². The van der Waals surface area contributed by atoms with Crippen LogP contribution >= 0.6 is 0 Å². The van der Waals surface area contributed by atoms with Crippen LogP contribution in [0.4, 0.5) is 10.1 Å². The normalized spacial score (nSPS) is 21.7. The lowest BCUT2D eigenvalue weighted by Crippen LogP contribution is -2.23. The van der Waals surface area contributed by atoms with Gasteiger partial charge >= 0.3 is 0 Å². The molecule has 0 spiro atoms. The fourth-order valence-corrected chi connectivity index (χ4v) is 2.03. The molecule has 0 aromatic heterocycles. The molecule has 0 aliphatic carbocycles. The number of hydrogen-bond donors (Lipinski definition) is 1. The van der Waals surface area contributed by atoms with Crippen molar-refractivity contribution in [2.45, 2.75) is 25.3 Å². The Bertz CT molecular complexity index is 392. The van der Waals surface area contributed by atoms with Gasteiger partial charge in [-0.25, -0.2) is 4.39 Å². The molecule has 80 valence electrons. The highest BCUT2D eigenvalue weighted by atomic mass is 19.1. The van der Waals surface area contributed by atoms with Crippen molar-refractivity contribution in [3.63, 3.8) is 0 Å². The van der Waals surface area contributed by atoms with Gasteiger partial charge in [0.1, 0.15) is 5.82 Å². The predicted molar refractivity (Wildman–Crippen MR) is 55.9 cm³/mol. The highest BCUT2D eigenvalue weighted by molar-refractivity contribution is 5.40. The van der Waals surface area contributed by atoms with E-state index in [0.717, 1.165) is 24.0 Å². The first-order valence-corrected chi connectivity index (χ1v) is 5.17. The number of benzene rings is 1. The zero-order chi connectivity index (χ0) is 10.8. The van der Waals surface area contributed by atoms with Crippen LogP contribution in [0.15, 0.2) is 18.2 Å². The van der Waals surface area contributed by atoms with Crippen LogP contribution in [0.3, 0.4) is 0 Å². The lowest BCUT2D eigenvalue weighted by Gasteiger charge is -2.15. The van der Waals surface area contributed by atoms with Gasteiger partial charge in [0.15, 0.2) is 6.54 Å². The summed E-state index contributed by atoms with van der Waals surface area (Å²) in [6, 6.07) is 4.20. The van der Waals surface area contributed by atoms with Crippen LogP contribution < -0.4 is 5.73 Å². The van der Waals surface area contributed by atoms with Crippen molar-refractivity contribution in [1.82, 2.24) is 0 Å². The number of nitroso groups, excluding NO2 is 1. The van der Waals surface area contributed by atoms with Crippen LogP contribution in [0.1, 0.15) is 30.9 Å². The Kier molecular flexibility index (Phi) is 2.66. The molecule has 1 aromatic rings. The first-order valence-electron chi connectivity index (χ1n) is 5.17. The first-order chi connectivity index (χ1) is 7.18. The van der Waals surface area contributed by atoms with Crippen LogP contribution in [-0.2, 0) is 0 Å². The third kappa shape index (κ3) is 1.98. The molecule has 4 heteroatoms. The van der Waals surface area contributed by atoms with E-state index >= 15 is 0 Å². The minimum Gasteiger partial charge on any atom is -0.399 e. The van der Waals surface area contributed by atoms with E-state index in [-0.39, 0.29) is 11.9 Å². The van der Waals surface area contributed by atoms with Crippen LogP contribution in [-0.4, -0.2) is 11.3 Å². The maximum atomic E-state index is 13.6. The molecule has 1 saturated heterocycles. The summed E-state index contributed by atoms with van der Waals surface area (Å²) in [7, 11) is 0. The minimum absolute atomic E-state index is 0.334. The average Bonchev–Trinajstić information content (AvgIpc) is 2.20. The SMILES string of the molecule is Nc1ccc(C2CCCC[N+]2=O)c(F)c1. The molecule has 0 amide bonds. The topological polar surface area (TPSA) is 46.1 Å². The second-order valence-electron chi connectivity index (χ2n) is 3.93. The van der Waals surface area contributed by atoms with Gasteiger partial charge in [0.05, 0.1) is 5.56 Å². The standard InChI is InChI=1S/C11H14FN2O/c12-10-7-8(13)4-5-9(10)11-3-1-2-6-14(11)15/h4-5,7,11H,1-3,6,13H2/q+1. The van der Waals surface area contributed by atoms with Crippen LogP contribution in [0, 0.1) is 10.7 Å². The molecule has 0 saturated carbocycles. The van der Waals surface area contributed by atoms with Crippen molar-refractivity contribution in [3.8, 4) is 0 Å². The van der Waals surface area contributed by atoms with Gasteiger partial charge in [-0.05, 0) is 24.6 Å². The predicted octanol–water partition coefficient (Wildman–Crippen LogP) is 2.41. The van der Waals surface area contributed by atoms with E-state index in [9.17, 15) is 9.30 Å². The Labute approximate surface area is 87.7 Å². The van der Waals surface area contributed by atoms with Gasteiger partial charge in [0.25, 0.3) is 0 Å². The summed E-state index contributed by atoms with van der Waals surface area (Å²) in [5.74, 6) is -0.372. The van der Waals surface area contributed by atoms with Gasteiger partial charge in [-0.15, -0.1) is 0 Å². The maximum absolute atomic E-state index is 13.6. The number of piperidine rings is 1. The monoisotopic (exact) mass is 209 g/mol. The molecule has 15 heavy (non-hydrogen) atoms. The van der Waals surface area contributed by atoms with Crippen molar-refractivity contribution in [3.05, 3.63) is 34.5 Å². The fraction of sp³-hybridized carbons (Fsp3) is 0.455. The van der Waals surface area contributed by atoms with Crippen LogP contribution in [0.2, 0.25) is 0 Å². The third-order valence-corrected chi connectivity index (χ3v) is 2.84. The summed E-state index contributed by atoms with van der Waals surface area (Å²) >= 11 is 0. The number of nitrogens with two attached hydrogens (primary N) is 1. The highest BCUT2D eigenvalue weighted by Crippen LogP contribution is 2.29. The van der Waals surface area contributed by atoms with E-state index < -0.39 is 0 Å². The molecule has 0 bridgehead atoms. The van der Waals surface area contributed by atoms with Crippen LogP contribution in [0.25, 0.3) is 0 Å². The van der Waals surface area contributed by atoms with Gasteiger partial charge in [-0.3, -0.25) is 0 Å². The van der Waals surface area contributed by atoms with Crippen LogP contribution in [0.5, 0.6) is 0 Å². The Morgan fingerprint density at radius 1 is 1.40 bits per heavy atom. The first kappa shape index (κ1) is 10.1. The Morgan fingerprint density at radius 2 is 2.20 bits per heavy atom. The van der Waals surface area contributed by atoms with E-state index in [4.69, 9.17) is 5.73 Å². The van der Waals surface area contributed by atoms with Crippen molar-refractivity contribution in [2.75, 3.05) is 12.3 Å². The minimum atomic E-state index is -0.372. The third-order valence-electron chi connectivity index (χ3n) is 2.84. The molecule has 1 fully saturated rings. The average molecular weight is 209 g/mol. The summed E-state index contributed by atoms with van der Waals surface area (Å²) in [6.07, 6.45) is 2.61. The van der Waals surface area contributed by atoms with Gasteiger partial charge < -0.3 is 5.73 Å². The summed E-state index contributed by atoms with van der Waals surface area (Å²) in [5, 5.41) is 0. The lowest BCUT2D eigenvalue weighted by molar-refractivity contribution is -0.602. The second kappa shape index (κ2) is 3.96. The molecule has 2 rings (SSSR count). The number of rotatable bonds is 1. The Balaban J connectivity index is 2.31. The summed E-state index contributed by atoms with van der Waals surface area (Å²) in [4.78, 5) is 11.6. The molecule has 1 aromatic carbocycles. The maximum Gasteiger partial charge on any atom is 0.229 e. The van der Waals surface area contributed by atoms with Crippen molar-refractivity contribution < 1.29 is 9.15 Å². The van der Waals surface area contributed by atoms with E-state index in [1.165, 1.54) is 6.07 Å². The number of halogens is 1. The molecule has 1 atom stereocenters. The van der Waals surface area contributed by atoms with Crippen molar-refractivity contribution in [1.29, 1.82) is 0 Å². The largest absolute Gasteiger partial charge is 0.399 e. The van der Waals surface area contributed by atoms with Gasteiger partial charge in [0.2, 0.25) is 6.04 Å². The summed E-state index contributed by atoms with van der Waals surface area (Å²) < 4.78 is 14.5. The second-order valence-corrected chi connectivity index (χ2v) is 3.93. The number of nitrogens with zero attached hydrogens (tertiary/aromatic N) is 1. The lowest BCUT2D eigenvalue weighted by atomic mass is 9.97. The molecule has 0 radical (unpaired) electrons. The van der Waals surface area contributed by atoms with E-state index in [2.05, 4.69) is 0 Å². The summed E-state index contributed by atoms with van der Waals surface area (Å²) in [5.41, 5.74) is 6.32. The zero-order valence-corrected chi connectivity index (χ0v) is 8.45. The number of nitrogen functional groups attached to an aromatic ring is 1. The molecule has 2 N–H and O–H groups in total. The van der Waals surface area contributed by atoms with Crippen molar-refractivity contribution in [2.24, 2.45) is 0 Å². The quantitative estimate of drug-likeness (QED) is 0.570. The fourth-order valence-electron chi connectivity index (χ4n) is 2.03. The van der Waals surface area contributed by atoms with E-state index in [0.29, 0.717) is 17.8 Å². The number of anilines is 1. The van der Waals surface area contributed by atoms with Gasteiger partial charge in [0, 0.05) is 28.2 Å². The van der Waals surface area contributed by atoms with Gasteiger partial charge in [-0.2, -0.15) is 0 Å². The Morgan fingerprint density at radius 3 is 2.87 bits per heavy atom. The molecular weight excluding hydrogens is 195 g/mol. The smallest absolute Gasteiger partial charge is 0.229 e. The van der Waals surface area contributed by atoms with Gasteiger partial charge in [-0.1, -0.05) is 0 Å². The molecule has 1 aliphatic heterocycles.